The van der Waals surface area contributed by atoms with Gasteiger partial charge in [-0.25, -0.2) is 4.98 Å². The van der Waals surface area contributed by atoms with E-state index in [4.69, 9.17) is 4.52 Å². The molecule has 0 saturated heterocycles. The third-order valence-electron chi connectivity index (χ3n) is 5.19. The Morgan fingerprint density at radius 3 is 2.58 bits per heavy atom. The number of hydrogen-bond donors (Lipinski definition) is 2. The van der Waals surface area contributed by atoms with Crippen LogP contribution in [-0.4, -0.2) is 33.1 Å². The van der Waals surface area contributed by atoms with E-state index >= 15 is 0 Å². The molecule has 2 N–H and O–H groups in total. The number of hydrogen-bond acceptors (Lipinski definition) is 6. The van der Waals surface area contributed by atoms with Crippen LogP contribution in [0, 0.1) is 6.92 Å². The molecule has 31 heavy (non-hydrogen) atoms. The van der Waals surface area contributed by atoms with Crippen molar-refractivity contribution >= 4 is 11.7 Å². The predicted molar refractivity (Wildman–Crippen MR) is 106 cm³/mol. The fourth-order valence-electron chi connectivity index (χ4n) is 3.66. The molecule has 1 aliphatic carbocycles. The van der Waals surface area contributed by atoms with E-state index in [1.165, 1.54) is 6.07 Å². The fraction of sp³-hybridized carbons (Fsp3) is 0.333. The topological polar surface area (TPSA) is 92.9 Å². The summed E-state index contributed by atoms with van der Waals surface area (Å²) in [6.45, 7) is 1.69. The normalized spacial score (nSPS) is 18.7. The first-order valence-electron chi connectivity index (χ1n) is 9.81. The molecule has 2 aromatic heterocycles. The molecular weight excluding hydrogens is 411 g/mol. The Bertz CT molecular complexity index is 1070. The number of amides is 1. The van der Waals surface area contributed by atoms with Crippen LogP contribution in [0.2, 0.25) is 0 Å². The van der Waals surface area contributed by atoms with Gasteiger partial charge >= 0.3 is 6.18 Å². The second-order valence-corrected chi connectivity index (χ2v) is 7.38. The van der Waals surface area contributed by atoms with Gasteiger partial charge in [0.25, 0.3) is 11.8 Å². The Kier molecular flexibility index (Phi) is 5.62. The second kappa shape index (κ2) is 8.37. The highest BCUT2D eigenvalue weighted by molar-refractivity contribution is 6.00. The summed E-state index contributed by atoms with van der Waals surface area (Å²) in [5.41, 5.74) is 0.138. The van der Waals surface area contributed by atoms with Gasteiger partial charge in [-0.2, -0.15) is 18.2 Å². The molecule has 2 atom stereocenters. The lowest BCUT2D eigenvalue weighted by Crippen LogP contribution is -2.43. The average Bonchev–Trinajstić information content (AvgIpc) is 3.36. The number of aryl methyl sites for hydroxylation is 1. The second-order valence-electron chi connectivity index (χ2n) is 7.38. The minimum atomic E-state index is -4.43. The Hall–Kier alpha value is -3.43. The van der Waals surface area contributed by atoms with Crippen LogP contribution in [0.15, 0.2) is 47.1 Å². The van der Waals surface area contributed by atoms with Crippen molar-refractivity contribution in [1.29, 1.82) is 0 Å². The lowest BCUT2D eigenvalue weighted by molar-refractivity contribution is -0.137. The van der Waals surface area contributed by atoms with Crippen molar-refractivity contribution in [2.24, 2.45) is 0 Å². The number of aromatic nitrogens is 3. The van der Waals surface area contributed by atoms with Crippen molar-refractivity contribution in [1.82, 2.24) is 20.4 Å². The molecule has 7 nitrogen and oxygen atoms in total. The van der Waals surface area contributed by atoms with Crippen molar-refractivity contribution in [2.45, 2.75) is 44.4 Å². The van der Waals surface area contributed by atoms with Crippen LogP contribution in [0.5, 0.6) is 0 Å². The molecule has 0 aliphatic heterocycles. The molecule has 3 aromatic rings. The van der Waals surface area contributed by atoms with Gasteiger partial charge in [-0.1, -0.05) is 17.3 Å². The highest BCUT2D eigenvalue weighted by atomic mass is 19.4. The first-order chi connectivity index (χ1) is 14.8. The Morgan fingerprint density at radius 1 is 1.13 bits per heavy atom. The quantitative estimate of drug-likeness (QED) is 0.628. The van der Waals surface area contributed by atoms with E-state index in [9.17, 15) is 18.0 Å². The van der Waals surface area contributed by atoms with E-state index in [-0.39, 0.29) is 23.9 Å². The molecule has 0 bridgehead atoms. The van der Waals surface area contributed by atoms with Gasteiger partial charge in [-0.3, -0.25) is 4.79 Å². The van der Waals surface area contributed by atoms with Crippen LogP contribution in [-0.2, 0) is 6.18 Å². The molecule has 1 aromatic carbocycles. The van der Waals surface area contributed by atoms with Crippen molar-refractivity contribution in [2.75, 3.05) is 5.32 Å². The van der Waals surface area contributed by atoms with Crippen LogP contribution in [0.25, 0.3) is 11.5 Å². The Balaban J connectivity index is 1.46. The van der Waals surface area contributed by atoms with Crippen molar-refractivity contribution in [3.8, 4) is 11.5 Å². The van der Waals surface area contributed by atoms with Gasteiger partial charge in [0, 0.05) is 18.3 Å². The molecule has 0 radical (unpaired) electrons. The maximum atomic E-state index is 13.0. The predicted octanol–water partition coefficient (Wildman–Crippen LogP) is 4.22. The van der Waals surface area contributed by atoms with E-state index in [1.54, 1.807) is 31.2 Å². The Morgan fingerprint density at radius 2 is 1.90 bits per heavy atom. The number of alkyl halides is 3. The summed E-state index contributed by atoms with van der Waals surface area (Å²) < 4.78 is 43.4. The standard InChI is InChI=1S/C21H20F3N5O2/c1-12-26-20(31-29-12)15-6-3-2-5-14(15)19(30)28-17-8-4-7-16(17)27-18-10-9-13(11-25-18)21(22,23)24/h2-3,5-6,9-11,16-17H,4,7-8H2,1H3,(H,25,27)(H,28,30)/t16-,17?/m0/s1. The molecule has 1 amide bonds. The van der Waals surface area contributed by atoms with Gasteiger partial charge in [-0.15, -0.1) is 0 Å². The van der Waals surface area contributed by atoms with Crippen molar-refractivity contribution in [3.05, 3.63) is 59.5 Å². The maximum absolute atomic E-state index is 13.0. The number of pyridine rings is 1. The van der Waals surface area contributed by atoms with Crippen molar-refractivity contribution < 1.29 is 22.5 Å². The number of carbonyl (C=O) groups excluding carboxylic acids is 1. The van der Waals surface area contributed by atoms with Gasteiger partial charge < -0.3 is 15.2 Å². The fourth-order valence-corrected chi connectivity index (χ4v) is 3.66. The molecule has 162 valence electrons. The minimum absolute atomic E-state index is 0.147. The highest BCUT2D eigenvalue weighted by Gasteiger charge is 2.32. The molecular formula is C21H20F3N5O2. The number of benzene rings is 1. The minimum Gasteiger partial charge on any atom is -0.365 e. The molecule has 0 spiro atoms. The van der Waals surface area contributed by atoms with E-state index in [2.05, 4.69) is 25.8 Å². The zero-order valence-corrected chi connectivity index (χ0v) is 16.6. The summed E-state index contributed by atoms with van der Waals surface area (Å²) in [4.78, 5) is 21.0. The third kappa shape index (κ3) is 4.68. The summed E-state index contributed by atoms with van der Waals surface area (Å²) in [5.74, 6) is 0.777. The van der Waals surface area contributed by atoms with Crippen LogP contribution < -0.4 is 10.6 Å². The number of anilines is 1. The largest absolute Gasteiger partial charge is 0.417 e. The first kappa shape index (κ1) is 20.8. The van der Waals surface area contributed by atoms with E-state index < -0.39 is 11.7 Å². The van der Waals surface area contributed by atoms with Gasteiger partial charge in [0.1, 0.15) is 5.82 Å². The number of rotatable bonds is 5. The number of nitrogens with one attached hydrogen (secondary N) is 2. The van der Waals surface area contributed by atoms with Gasteiger partial charge in [0.2, 0.25) is 0 Å². The number of halogens is 3. The van der Waals surface area contributed by atoms with Gasteiger partial charge in [0.05, 0.1) is 16.7 Å². The smallest absolute Gasteiger partial charge is 0.365 e. The maximum Gasteiger partial charge on any atom is 0.417 e. The monoisotopic (exact) mass is 431 g/mol. The third-order valence-corrected chi connectivity index (χ3v) is 5.19. The van der Waals surface area contributed by atoms with Gasteiger partial charge in [0.15, 0.2) is 5.82 Å². The highest BCUT2D eigenvalue weighted by Crippen LogP contribution is 2.30. The number of carbonyl (C=O) groups is 1. The van der Waals surface area contributed by atoms with Crippen LogP contribution in [0.4, 0.5) is 19.0 Å². The Labute approximate surface area is 176 Å². The van der Waals surface area contributed by atoms with E-state index in [1.807, 2.05) is 0 Å². The molecule has 1 unspecified atom stereocenters. The molecule has 1 aliphatic rings. The van der Waals surface area contributed by atoms with Gasteiger partial charge in [-0.05, 0) is 50.5 Å². The van der Waals surface area contributed by atoms with Crippen molar-refractivity contribution in [3.63, 3.8) is 0 Å². The average molecular weight is 431 g/mol. The van der Waals surface area contributed by atoms with E-state index in [0.29, 0.717) is 22.8 Å². The zero-order chi connectivity index (χ0) is 22.0. The zero-order valence-electron chi connectivity index (χ0n) is 16.6. The van der Waals surface area contributed by atoms with E-state index in [0.717, 1.165) is 31.5 Å². The molecule has 2 heterocycles. The van der Waals surface area contributed by atoms with Crippen LogP contribution >= 0.6 is 0 Å². The SMILES string of the molecule is Cc1noc(-c2ccccc2C(=O)NC2CCC[C@@H]2Nc2ccc(C(F)(F)F)cn2)n1. The lowest BCUT2D eigenvalue weighted by atomic mass is 10.1. The lowest BCUT2D eigenvalue weighted by Gasteiger charge is -2.23. The molecule has 1 saturated carbocycles. The van der Waals surface area contributed by atoms with Crippen LogP contribution in [0.3, 0.4) is 0 Å². The summed E-state index contributed by atoms with van der Waals surface area (Å²) in [7, 11) is 0. The summed E-state index contributed by atoms with van der Waals surface area (Å²) >= 11 is 0. The molecule has 10 heteroatoms. The molecule has 1 fully saturated rings. The summed E-state index contributed by atoms with van der Waals surface area (Å²) in [6.07, 6.45) is -1.26. The first-order valence-corrected chi connectivity index (χ1v) is 9.81. The van der Waals surface area contributed by atoms with Crippen LogP contribution in [0.1, 0.15) is 41.0 Å². The summed E-state index contributed by atoms with van der Waals surface area (Å²) in [6, 6.07) is 8.88. The molecule has 4 rings (SSSR count). The number of nitrogens with zero attached hydrogens (tertiary/aromatic N) is 3. The summed E-state index contributed by atoms with van der Waals surface area (Å²) in [5, 5.41) is 9.93.